The molecule has 21 heavy (non-hydrogen) atoms. The molecule has 0 atom stereocenters. The van der Waals surface area contributed by atoms with E-state index in [1.807, 2.05) is 51.1 Å². The van der Waals surface area contributed by atoms with Gasteiger partial charge in [-0.05, 0) is 39.2 Å². The van der Waals surface area contributed by atoms with Crippen molar-refractivity contribution in [3.63, 3.8) is 0 Å². The topological polar surface area (TPSA) is 26.3 Å². The van der Waals surface area contributed by atoms with Crippen molar-refractivity contribution in [2.75, 3.05) is 6.61 Å². The Morgan fingerprint density at radius 2 is 1.62 bits per heavy atom. The van der Waals surface area contributed by atoms with Crippen LogP contribution in [0.15, 0.2) is 55.6 Å². The van der Waals surface area contributed by atoms with Gasteiger partial charge in [-0.25, -0.2) is 0 Å². The predicted molar refractivity (Wildman–Crippen MR) is 88.2 cm³/mol. The normalized spacial score (nSPS) is 11.8. The molecule has 0 unspecified atom stereocenters. The van der Waals surface area contributed by atoms with Crippen molar-refractivity contribution in [1.29, 1.82) is 0 Å². The quantitative estimate of drug-likeness (QED) is 0.538. The number of ether oxygens (including phenoxy) is 1. The molecule has 114 valence electrons. The van der Waals surface area contributed by atoms with Crippen LogP contribution in [0.2, 0.25) is 0 Å². The zero-order chi connectivity index (χ0) is 15.9. The van der Waals surface area contributed by atoms with Crippen LogP contribution in [0.4, 0.5) is 0 Å². The highest BCUT2D eigenvalue weighted by atomic mass is 16.5. The first-order valence-electron chi connectivity index (χ1n) is 7.30. The van der Waals surface area contributed by atoms with Crippen molar-refractivity contribution in [2.45, 2.75) is 39.0 Å². The molecule has 2 heteroatoms. The summed E-state index contributed by atoms with van der Waals surface area (Å²) in [6.45, 7) is 13.6. The predicted octanol–water partition coefficient (Wildman–Crippen LogP) is 4.67. The third-order valence-corrected chi connectivity index (χ3v) is 3.55. The van der Waals surface area contributed by atoms with Gasteiger partial charge >= 0.3 is 5.97 Å². The van der Waals surface area contributed by atoms with E-state index in [1.54, 1.807) is 0 Å². The summed E-state index contributed by atoms with van der Waals surface area (Å²) in [4.78, 5) is 12.1. The Hall–Kier alpha value is -1.83. The van der Waals surface area contributed by atoms with Gasteiger partial charge in [-0.2, -0.15) is 0 Å². The molecule has 0 N–H and O–H groups in total. The van der Waals surface area contributed by atoms with Crippen LogP contribution >= 0.6 is 0 Å². The minimum absolute atomic E-state index is 0.184. The van der Waals surface area contributed by atoms with E-state index in [4.69, 9.17) is 4.74 Å². The van der Waals surface area contributed by atoms with Gasteiger partial charge in [0.2, 0.25) is 0 Å². The Morgan fingerprint density at radius 3 is 2.05 bits per heavy atom. The van der Waals surface area contributed by atoms with E-state index in [0.29, 0.717) is 6.61 Å². The second-order valence-electron chi connectivity index (χ2n) is 6.46. The molecule has 0 spiro atoms. The van der Waals surface area contributed by atoms with Crippen molar-refractivity contribution < 1.29 is 9.53 Å². The number of esters is 1. The summed E-state index contributed by atoms with van der Waals surface area (Å²) < 4.78 is 5.60. The van der Waals surface area contributed by atoms with Crippen LogP contribution in [-0.2, 0) is 14.9 Å². The molecule has 0 amide bonds. The summed E-state index contributed by atoms with van der Waals surface area (Å²) in [5.41, 5.74) is 0.364. The van der Waals surface area contributed by atoms with Crippen molar-refractivity contribution in [3.05, 3.63) is 61.2 Å². The third kappa shape index (κ3) is 4.59. The van der Waals surface area contributed by atoms with E-state index < -0.39 is 5.41 Å². The van der Waals surface area contributed by atoms with Crippen molar-refractivity contribution in [1.82, 2.24) is 0 Å². The van der Waals surface area contributed by atoms with E-state index >= 15 is 0 Å². The average molecular weight is 286 g/mol. The van der Waals surface area contributed by atoms with Gasteiger partial charge in [-0.1, -0.05) is 42.5 Å². The van der Waals surface area contributed by atoms with E-state index in [1.165, 1.54) is 0 Å². The minimum Gasteiger partial charge on any atom is -0.464 e. The Kier molecular flexibility index (Phi) is 5.95. The fourth-order valence-electron chi connectivity index (χ4n) is 2.28. The third-order valence-electron chi connectivity index (χ3n) is 3.55. The zero-order valence-electron chi connectivity index (χ0n) is 13.4. The molecule has 2 nitrogen and oxygen atoms in total. The molecule has 0 radical (unpaired) electrons. The number of rotatable bonds is 7. The average Bonchev–Trinajstić information content (AvgIpc) is 2.44. The molecule has 0 saturated carbocycles. The number of benzene rings is 1. The van der Waals surface area contributed by atoms with Gasteiger partial charge in [0.1, 0.15) is 6.61 Å². The van der Waals surface area contributed by atoms with Crippen molar-refractivity contribution >= 4 is 5.97 Å². The smallest absolute Gasteiger partial charge is 0.311 e. The first kappa shape index (κ1) is 17.2. The highest BCUT2D eigenvalue weighted by Crippen LogP contribution is 2.34. The van der Waals surface area contributed by atoms with Crippen LogP contribution in [0.5, 0.6) is 0 Å². The summed E-state index contributed by atoms with van der Waals surface area (Å²) in [5, 5.41) is 0. The first-order valence-corrected chi connectivity index (χ1v) is 7.30. The Morgan fingerprint density at radius 1 is 1.10 bits per heavy atom. The Labute approximate surface area is 128 Å². The molecule has 0 heterocycles. The standard InChI is InChI=1S/C19H26O2/c1-6-13-19(14-7-2,16-11-9-8-10-12-16)15-21-17(20)18(3,4)5/h6-12H,1-2,13-15H2,3-5H3. The largest absolute Gasteiger partial charge is 0.464 e. The lowest BCUT2D eigenvalue weighted by Crippen LogP contribution is -2.35. The fourth-order valence-corrected chi connectivity index (χ4v) is 2.28. The van der Waals surface area contributed by atoms with Crippen molar-refractivity contribution in [3.8, 4) is 0 Å². The first-order chi connectivity index (χ1) is 9.85. The summed E-state index contributed by atoms with van der Waals surface area (Å²) in [5.74, 6) is -0.184. The van der Waals surface area contributed by atoms with Gasteiger partial charge in [-0.3, -0.25) is 4.79 Å². The summed E-state index contributed by atoms with van der Waals surface area (Å²) in [6.07, 6.45) is 5.23. The summed E-state index contributed by atoms with van der Waals surface area (Å²) in [7, 11) is 0. The van der Waals surface area contributed by atoms with Crippen LogP contribution in [0.3, 0.4) is 0 Å². The zero-order valence-corrected chi connectivity index (χ0v) is 13.4. The number of hydrogen-bond donors (Lipinski definition) is 0. The SMILES string of the molecule is C=CCC(CC=C)(COC(=O)C(C)(C)C)c1ccccc1. The second kappa shape index (κ2) is 7.26. The molecule has 0 aromatic heterocycles. The lowest BCUT2D eigenvalue weighted by Gasteiger charge is -2.33. The maximum atomic E-state index is 12.1. The highest BCUT2D eigenvalue weighted by Gasteiger charge is 2.33. The molecule has 0 fully saturated rings. The monoisotopic (exact) mass is 286 g/mol. The summed E-state index contributed by atoms with van der Waals surface area (Å²) in [6, 6.07) is 10.1. The number of carbonyl (C=O) groups is 1. The highest BCUT2D eigenvalue weighted by molar-refractivity contribution is 5.75. The molecular weight excluding hydrogens is 260 g/mol. The second-order valence-corrected chi connectivity index (χ2v) is 6.46. The maximum absolute atomic E-state index is 12.1. The molecule has 1 aromatic carbocycles. The molecule has 1 rings (SSSR count). The van der Waals surface area contributed by atoms with Gasteiger partial charge in [0.15, 0.2) is 0 Å². The molecular formula is C19H26O2. The number of allylic oxidation sites excluding steroid dienone is 2. The summed E-state index contributed by atoms with van der Waals surface area (Å²) >= 11 is 0. The molecule has 0 saturated heterocycles. The van der Waals surface area contributed by atoms with Gasteiger partial charge in [0, 0.05) is 5.41 Å². The van der Waals surface area contributed by atoms with Crippen LogP contribution in [0.25, 0.3) is 0 Å². The van der Waals surface area contributed by atoms with Crippen LogP contribution < -0.4 is 0 Å². The Balaban J connectivity index is 3.04. The molecule has 0 aliphatic rings. The molecule has 0 aliphatic heterocycles. The Bertz CT molecular complexity index is 470. The lowest BCUT2D eigenvalue weighted by molar-refractivity contribution is -0.155. The van der Waals surface area contributed by atoms with E-state index in [2.05, 4.69) is 25.3 Å². The van der Waals surface area contributed by atoms with Gasteiger partial charge in [0.25, 0.3) is 0 Å². The van der Waals surface area contributed by atoms with Gasteiger partial charge in [-0.15, -0.1) is 13.2 Å². The van der Waals surface area contributed by atoms with E-state index in [0.717, 1.165) is 18.4 Å². The van der Waals surface area contributed by atoms with Crippen LogP contribution in [-0.4, -0.2) is 12.6 Å². The number of carbonyl (C=O) groups excluding carboxylic acids is 1. The van der Waals surface area contributed by atoms with Crippen LogP contribution in [0, 0.1) is 5.41 Å². The minimum atomic E-state index is -0.495. The molecule has 0 bridgehead atoms. The van der Waals surface area contributed by atoms with Gasteiger partial charge < -0.3 is 4.74 Å². The molecule has 1 aromatic rings. The molecule has 0 aliphatic carbocycles. The fraction of sp³-hybridized carbons (Fsp3) is 0.421. The maximum Gasteiger partial charge on any atom is 0.311 e. The van der Waals surface area contributed by atoms with E-state index in [-0.39, 0.29) is 11.4 Å². The van der Waals surface area contributed by atoms with Gasteiger partial charge in [0.05, 0.1) is 5.41 Å². The van der Waals surface area contributed by atoms with Crippen LogP contribution in [0.1, 0.15) is 39.2 Å². The number of hydrogen-bond acceptors (Lipinski definition) is 2. The van der Waals surface area contributed by atoms with E-state index in [9.17, 15) is 4.79 Å². The van der Waals surface area contributed by atoms with Crippen molar-refractivity contribution in [2.24, 2.45) is 5.41 Å². The lowest BCUT2D eigenvalue weighted by atomic mass is 9.75.